The first-order valence-electron chi connectivity index (χ1n) is 5.26. The van der Waals surface area contributed by atoms with E-state index in [1.807, 2.05) is 33.0 Å². The van der Waals surface area contributed by atoms with E-state index in [4.69, 9.17) is 0 Å². The molecule has 0 bridgehead atoms. The Morgan fingerprint density at radius 1 is 1.29 bits per heavy atom. The number of likely N-dealkylation sites (N-methyl/N-ethyl adjacent to an activating group) is 1. The molecule has 0 aliphatic heterocycles. The van der Waals surface area contributed by atoms with Gasteiger partial charge < -0.3 is 10.4 Å². The van der Waals surface area contributed by atoms with Gasteiger partial charge in [-0.1, -0.05) is 38.1 Å². The smallest absolute Gasteiger partial charge is 0.0775 e. The summed E-state index contributed by atoms with van der Waals surface area (Å²) >= 11 is 0. The number of hydrogen-bond donors (Lipinski definition) is 2. The molecule has 0 saturated heterocycles. The van der Waals surface area contributed by atoms with Crippen molar-refractivity contribution in [3.8, 4) is 0 Å². The Kier molecular flexibility index (Phi) is 4.11. The minimum Gasteiger partial charge on any atom is -0.391 e. The second kappa shape index (κ2) is 5.13. The predicted molar refractivity (Wildman–Crippen MR) is 59.3 cm³/mol. The van der Waals surface area contributed by atoms with Crippen molar-refractivity contribution < 1.29 is 5.11 Å². The second-order valence-electron chi connectivity index (χ2n) is 3.24. The molecule has 1 aromatic carbocycles. The monoisotopic (exact) mass is 193 g/mol. The van der Waals surface area contributed by atoms with Crippen molar-refractivity contribution in [2.45, 2.75) is 32.4 Å². The molecule has 0 saturated carbocycles. The fourth-order valence-corrected chi connectivity index (χ4v) is 1.92. The molecule has 0 heterocycles. The maximum atomic E-state index is 9.65. The number of aliphatic hydroxyl groups is 1. The van der Waals surface area contributed by atoms with Gasteiger partial charge in [-0.05, 0) is 18.2 Å². The summed E-state index contributed by atoms with van der Waals surface area (Å²) in [6, 6.07) is 8.31. The molecular formula is C12H19NO. The third kappa shape index (κ3) is 1.97. The second-order valence-corrected chi connectivity index (χ2v) is 3.24. The van der Waals surface area contributed by atoms with Crippen molar-refractivity contribution in [2.75, 3.05) is 7.05 Å². The summed E-state index contributed by atoms with van der Waals surface area (Å²) in [7, 11) is 1.88. The van der Waals surface area contributed by atoms with Gasteiger partial charge in [0.25, 0.3) is 0 Å². The third-order valence-electron chi connectivity index (χ3n) is 2.51. The molecule has 2 heteroatoms. The lowest BCUT2D eigenvalue weighted by Crippen LogP contribution is -2.25. The lowest BCUT2D eigenvalue weighted by molar-refractivity contribution is 0.145. The topological polar surface area (TPSA) is 32.3 Å². The Hall–Kier alpha value is -0.860. The van der Waals surface area contributed by atoms with Crippen molar-refractivity contribution in [2.24, 2.45) is 0 Å². The molecule has 1 aliphatic rings. The molecule has 0 radical (unpaired) electrons. The van der Waals surface area contributed by atoms with Crippen LogP contribution in [0.2, 0.25) is 0 Å². The Bertz CT molecular complexity index is 285. The van der Waals surface area contributed by atoms with Crippen molar-refractivity contribution in [3.05, 3.63) is 35.4 Å². The summed E-state index contributed by atoms with van der Waals surface area (Å²) in [6.07, 6.45) is 0.522. The number of aliphatic hydroxyl groups excluding tert-OH is 1. The van der Waals surface area contributed by atoms with Crippen molar-refractivity contribution in [1.29, 1.82) is 0 Å². The fourth-order valence-electron chi connectivity index (χ4n) is 1.92. The van der Waals surface area contributed by atoms with Crippen LogP contribution >= 0.6 is 0 Å². The molecule has 0 amide bonds. The van der Waals surface area contributed by atoms with Gasteiger partial charge in [-0.3, -0.25) is 0 Å². The van der Waals surface area contributed by atoms with Crippen LogP contribution in [0.15, 0.2) is 24.3 Å². The molecule has 2 atom stereocenters. The van der Waals surface area contributed by atoms with E-state index in [-0.39, 0.29) is 12.1 Å². The van der Waals surface area contributed by atoms with E-state index in [1.54, 1.807) is 0 Å². The molecule has 2 N–H and O–H groups in total. The van der Waals surface area contributed by atoms with Crippen LogP contribution in [-0.2, 0) is 6.42 Å². The normalized spacial score (nSPS) is 23.7. The number of fused-ring (bicyclic) bond motifs is 1. The van der Waals surface area contributed by atoms with Gasteiger partial charge in [0.1, 0.15) is 0 Å². The molecule has 78 valence electrons. The van der Waals surface area contributed by atoms with Crippen LogP contribution in [0.4, 0.5) is 0 Å². The summed E-state index contributed by atoms with van der Waals surface area (Å²) in [5, 5.41) is 12.8. The van der Waals surface area contributed by atoms with E-state index >= 15 is 0 Å². The highest BCUT2D eigenvalue weighted by atomic mass is 16.3. The molecule has 2 rings (SSSR count). The minimum atomic E-state index is -0.257. The Morgan fingerprint density at radius 3 is 2.57 bits per heavy atom. The Balaban J connectivity index is 0.000000461. The van der Waals surface area contributed by atoms with Crippen LogP contribution in [0.1, 0.15) is 31.0 Å². The zero-order valence-corrected chi connectivity index (χ0v) is 9.12. The maximum absolute atomic E-state index is 9.65. The summed E-state index contributed by atoms with van der Waals surface area (Å²) in [5.41, 5.74) is 2.51. The number of nitrogens with one attached hydrogen (secondary N) is 1. The van der Waals surface area contributed by atoms with E-state index < -0.39 is 0 Å². The highest BCUT2D eigenvalue weighted by Crippen LogP contribution is 2.30. The van der Waals surface area contributed by atoms with Gasteiger partial charge in [-0.15, -0.1) is 0 Å². The fraction of sp³-hybridized carbons (Fsp3) is 0.500. The highest BCUT2D eigenvalue weighted by molar-refractivity contribution is 5.36. The first-order chi connectivity index (χ1) is 6.83. The Morgan fingerprint density at radius 2 is 1.93 bits per heavy atom. The van der Waals surface area contributed by atoms with E-state index in [1.165, 1.54) is 11.1 Å². The summed E-state index contributed by atoms with van der Waals surface area (Å²) < 4.78 is 0. The third-order valence-corrected chi connectivity index (χ3v) is 2.51. The van der Waals surface area contributed by atoms with Crippen molar-refractivity contribution in [1.82, 2.24) is 5.32 Å². The predicted octanol–water partition coefficient (Wildman–Crippen LogP) is 1.89. The van der Waals surface area contributed by atoms with Gasteiger partial charge in [-0.2, -0.15) is 0 Å². The van der Waals surface area contributed by atoms with Crippen LogP contribution < -0.4 is 5.32 Å². The maximum Gasteiger partial charge on any atom is 0.0775 e. The zero-order valence-electron chi connectivity index (χ0n) is 9.12. The first-order valence-corrected chi connectivity index (χ1v) is 5.26. The van der Waals surface area contributed by atoms with Crippen LogP contribution in [-0.4, -0.2) is 18.3 Å². The molecule has 0 spiro atoms. The SMILES string of the molecule is CC.CNC1c2ccccc2CC1O. The van der Waals surface area contributed by atoms with Gasteiger partial charge in [0, 0.05) is 6.42 Å². The summed E-state index contributed by atoms with van der Waals surface area (Å²) in [5.74, 6) is 0. The van der Waals surface area contributed by atoms with Crippen LogP contribution in [0.5, 0.6) is 0 Å². The largest absolute Gasteiger partial charge is 0.391 e. The van der Waals surface area contributed by atoms with E-state index in [9.17, 15) is 5.11 Å². The van der Waals surface area contributed by atoms with Gasteiger partial charge in [0.2, 0.25) is 0 Å². The van der Waals surface area contributed by atoms with Gasteiger partial charge in [-0.25, -0.2) is 0 Å². The molecule has 14 heavy (non-hydrogen) atoms. The molecule has 0 fully saturated rings. The molecule has 1 aliphatic carbocycles. The molecule has 0 aromatic heterocycles. The average molecular weight is 193 g/mol. The van der Waals surface area contributed by atoms with Gasteiger partial charge >= 0.3 is 0 Å². The highest BCUT2D eigenvalue weighted by Gasteiger charge is 2.28. The quantitative estimate of drug-likeness (QED) is 0.714. The number of benzene rings is 1. The van der Waals surface area contributed by atoms with Crippen LogP contribution in [0.3, 0.4) is 0 Å². The number of rotatable bonds is 1. The summed E-state index contributed by atoms with van der Waals surface area (Å²) in [6.45, 7) is 4.00. The van der Waals surface area contributed by atoms with Crippen LogP contribution in [0, 0.1) is 0 Å². The summed E-state index contributed by atoms with van der Waals surface area (Å²) in [4.78, 5) is 0. The Labute approximate surface area is 86.0 Å². The minimum absolute atomic E-state index is 0.126. The van der Waals surface area contributed by atoms with Gasteiger partial charge in [0.15, 0.2) is 0 Å². The lowest BCUT2D eigenvalue weighted by Gasteiger charge is -2.13. The number of hydrogen-bond acceptors (Lipinski definition) is 2. The average Bonchev–Trinajstić information content (AvgIpc) is 2.56. The molecule has 1 aromatic rings. The standard InChI is InChI=1S/C10H13NO.C2H6/c1-11-10-8-5-3-2-4-7(8)6-9(10)12;1-2/h2-5,9-12H,6H2,1H3;1-2H3. The zero-order chi connectivity index (χ0) is 10.6. The molecule has 2 unspecified atom stereocenters. The van der Waals surface area contributed by atoms with Gasteiger partial charge in [0.05, 0.1) is 12.1 Å². The first kappa shape index (κ1) is 11.2. The van der Waals surface area contributed by atoms with Crippen molar-refractivity contribution in [3.63, 3.8) is 0 Å². The van der Waals surface area contributed by atoms with E-state index in [2.05, 4.69) is 17.4 Å². The molecule has 2 nitrogen and oxygen atoms in total. The van der Waals surface area contributed by atoms with Crippen molar-refractivity contribution >= 4 is 0 Å². The van der Waals surface area contributed by atoms with E-state index in [0.717, 1.165) is 6.42 Å². The lowest BCUT2D eigenvalue weighted by atomic mass is 10.1. The molecular weight excluding hydrogens is 174 g/mol. The van der Waals surface area contributed by atoms with Crippen LogP contribution in [0.25, 0.3) is 0 Å². The van der Waals surface area contributed by atoms with E-state index in [0.29, 0.717) is 0 Å².